The average Bonchev–Trinajstić information content (AvgIpc) is 2.14. The third kappa shape index (κ3) is 2.48. The van der Waals surface area contributed by atoms with E-state index in [2.05, 4.69) is 0 Å². The lowest BCUT2D eigenvalue weighted by atomic mass is 10.0. The van der Waals surface area contributed by atoms with E-state index in [1.807, 2.05) is 6.92 Å². The second kappa shape index (κ2) is 4.46. The first-order chi connectivity index (χ1) is 6.54. The fourth-order valence-corrected chi connectivity index (χ4v) is 1.15. The zero-order chi connectivity index (χ0) is 10.7. The van der Waals surface area contributed by atoms with Gasteiger partial charge in [0.1, 0.15) is 5.82 Å². The third-order valence-corrected chi connectivity index (χ3v) is 2.10. The average molecular weight is 203 g/mol. The van der Waals surface area contributed by atoms with Crippen LogP contribution in [0.5, 0.6) is 0 Å². The smallest absolute Gasteiger partial charge is 0.161 e. The Morgan fingerprint density at radius 2 is 1.71 bits per heavy atom. The van der Waals surface area contributed by atoms with Gasteiger partial charge in [-0.1, -0.05) is 6.92 Å². The molecule has 14 heavy (non-hydrogen) atoms. The van der Waals surface area contributed by atoms with Crippen molar-refractivity contribution in [2.24, 2.45) is 5.73 Å². The van der Waals surface area contributed by atoms with E-state index in [-0.39, 0.29) is 18.0 Å². The molecule has 0 spiro atoms. The molecule has 0 aliphatic rings. The fraction of sp³-hybridized carbons (Fsp3) is 0.400. The van der Waals surface area contributed by atoms with Crippen LogP contribution >= 0.6 is 0 Å². The van der Waals surface area contributed by atoms with Crippen LogP contribution in [0.2, 0.25) is 0 Å². The molecule has 0 heterocycles. The van der Waals surface area contributed by atoms with Crippen LogP contribution in [-0.4, -0.2) is 6.04 Å². The summed E-state index contributed by atoms with van der Waals surface area (Å²) in [4.78, 5) is 0. The molecule has 0 fully saturated rings. The lowest BCUT2D eigenvalue weighted by Crippen LogP contribution is -2.22. The van der Waals surface area contributed by atoms with Crippen LogP contribution in [0, 0.1) is 17.5 Å². The fourth-order valence-electron chi connectivity index (χ4n) is 1.15. The minimum Gasteiger partial charge on any atom is -0.327 e. The van der Waals surface area contributed by atoms with Gasteiger partial charge in [-0.3, -0.25) is 0 Å². The van der Waals surface area contributed by atoms with Gasteiger partial charge < -0.3 is 5.73 Å². The Balaban J connectivity index is 2.92. The Labute approximate surface area is 80.7 Å². The molecule has 1 unspecified atom stereocenters. The molecular formula is C10H12F3N. The van der Waals surface area contributed by atoms with Crippen LogP contribution in [0.3, 0.4) is 0 Å². The molecule has 0 radical (unpaired) electrons. The Morgan fingerprint density at radius 1 is 1.14 bits per heavy atom. The molecule has 2 N–H and O–H groups in total. The van der Waals surface area contributed by atoms with Gasteiger partial charge in [-0.25, -0.2) is 13.2 Å². The second-order valence-corrected chi connectivity index (χ2v) is 3.23. The highest BCUT2D eigenvalue weighted by Crippen LogP contribution is 2.15. The molecule has 78 valence electrons. The van der Waals surface area contributed by atoms with E-state index in [0.717, 1.165) is 6.07 Å². The monoisotopic (exact) mass is 203 g/mol. The van der Waals surface area contributed by atoms with Gasteiger partial charge >= 0.3 is 0 Å². The first-order valence-electron chi connectivity index (χ1n) is 4.43. The Bertz CT molecular complexity index is 325. The van der Waals surface area contributed by atoms with E-state index >= 15 is 0 Å². The molecule has 0 bridgehead atoms. The SMILES string of the molecule is CCC(N)Cc1cc(F)c(F)cc1F. The topological polar surface area (TPSA) is 26.0 Å². The van der Waals surface area contributed by atoms with Crippen LogP contribution in [0.15, 0.2) is 12.1 Å². The maximum atomic E-state index is 13.1. The number of halogens is 3. The van der Waals surface area contributed by atoms with Crippen molar-refractivity contribution in [2.45, 2.75) is 25.8 Å². The second-order valence-electron chi connectivity index (χ2n) is 3.23. The van der Waals surface area contributed by atoms with Gasteiger partial charge in [-0.2, -0.15) is 0 Å². The zero-order valence-electron chi connectivity index (χ0n) is 7.86. The Morgan fingerprint density at radius 3 is 2.29 bits per heavy atom. The van der Waals surface area contributed by atoms with E-state index in [1.165, 1.54) is 0 Å². The molecule has 0 saturated carbocycles. The number of nitrogens with two attached hydrogens (primary N) is 1. The molecule has 0 aromatic heterocycles. The Hall–Kier alpha value is -1.03. The minimum atomic E-state index is -1.17. The standard InChI is InChI=1S/C10H12F3N/c1-2-7(14)3-6-4-9(12)10(13)5-8(6)11/h4-5,7H,2-3,14H2,1H3. The molecule has 0 aliphatic heterocycles. The molecule has 0 aliphatic carbocycles. The van der Waals surface area contributed by atoms with Crippen molar-refractivity contribution < 1.29 is 13.2 Å². The van der Waals surface area contributed by atoms with Gasteiger partial charge in [0.2, 0.25) is 0 Å². The lowest BCUT2D eigenvalue weighted by Gasteiger charge is -2.09. The summed E-state index contributed by atoms with van der Waals surface area (Å²) in [6, 6.07) is 1.18. The summed E-state index contributed by atoms with van der Waals surface area (Å²) in [5.41, 5.74) is 5.70. The summed E-state index contributed by atoms with van der Waals surface area (Å²) in [5.74, 6) is -2.95. The van der Waals surface area contributed by atoms with Crippen molar-refractivity contribution in [3.8, 4) is 0 Å². The van der Waals surface area contributed by atoms with Crippen molar-refractivity contribution in [3.05, 3.63) is 35.1 Å². The van der Waals surface area contributed by atoms with Crippen LogP contribution in [-0.2, 0) is 6.42 Å². The number of hydrogen-bond donors (Lipinski definition) is 1. The van der Waals surface area contributed by atoms with Crippen LogP contribution in [0.4, 0.5) is 13.2 Å². The highest BCUT2D eigenvalue weighted by molar-refractivity contribution is 5.20. The summed E-state index contributed by atoms with van der Waals surface area (Å²) in [6.45, 7) is 1.85. The highest BCUT2D eigenvalue weighted by Gasteiger charge is 2.11. The van der Waals surface area contributed by atoms with Crippen molar-refractivity contribution in [3.63, 3.8) is 0 Å². The van der Waals surface area contributed by atoms with Gasteiger partial charge in [-0.15, -0.1) is 0 Å². The summed E-state index contributed by atoms with van der Waals surface area (Å²) < 4.78 is 38.3. The summed E-state index contributed by atoms with van der Waals surface area (Å²) in [5, 5.41) is 0. The number of benzene rings is 1. The van der Waals surface area contributed by atoms with Crippen LogP contribution in [0.1, 0.15) is 18.9 Å². The van der Waals surface area contributed by atoms with Crippen LogP contribution < -0.4 is 5.73 Å². The summed E-state index contributed by atoms with van der Waals surface area (Å²) in [6.07, 6.45) is 0.887. The molecule has 0 saturated heterocycles. The normalized spacial score (nSPS) is 12.9. The van der Waals surface area contributed by atoms with Crippen molar-refractivity contribution >= 4 is 0 Å². The predicted molar refractivity (Wildman–Crippen MR) is 48.3 cm³/mol. The third-order valence-electron chi connectivity index (χ3n) is 2.10. The van der Waals surface area contributed by atoms with Gasteiger partial charge in [0.25, 0.3) is 0 Å². The van der Waals surface area contributed by atoms with Crippen molar-refractivity contribution in [1.82, 2.24) is 0 Å². The molecule has 4 heteroatoms. The molecule has 1 nitrogen and oxygen atoms in total. The van der Waals surface area contributed by atoms with Crippen molar-refractivity contribution in [1.29, 1.82) is 0 Å². The summed E-state index contributed by atoms with van der Waals surface area (Å²) in [7, 11) is 0. The quantitative estimate of drug-likeness (QED) is 0.750. The predicted octanol–water partition coefficient (Wildman–Crippen LogP) is 2.38. The molecular weight excluding hydrogens is 191 g/mol. The van der Waals surface area contributed by atoms with Crippen LogP contribution in [0.25, 0.3) is 0 Å². The number of rotatable bonds is 3. The first-order valence-corrected chi connectivity index (χ1v) is 4.43. The lowest BCUT2D eigenvalue weighted by molar-refractivity contribution is 0.486. The maximum absolute atomic E-state index is 13.1. The molecule has 0 amide bonds. The molecule has 1 aromatic carbocycles. The Kier molecular flexibility index (Phi) is 3.52. The molecule has 1 atom stereocenters. The molecule has 1 aromatic rings. The zero-order valence-corrected chi connectivity index (χ0v) is 7.86. The van der Waals surface area contributed by atoms with Gasteiger partial charge in [0.05, 0.1) is 0 Å². The summed E-state index contributed by atoms with van der Waals surface area (Å²) >= 11 is 0. The minimum absolute atomic E-state index is 0.123. The van der Waals surface area contributed by atoms with E-state index in [1.54, 1.807) is 0 Å². The van der Waals surface area contributed by atoms with E-state index in [0.29, 0.717) is 12.5 Å². The van der Waals surface area contributed by atoms with Crippen molar-refractivity contribution in [2.75, 3.05) is 0 Å². The highest BCUT2D eigenvalue weighted by atomic mass is 19.2. The largest absolute Gasteiger partial charge is 0.327 e. The van der Waals surface area contributed by atoms with Gasteiger partial charge in [-0.05, 0) is 24.5 Å². The van der Waals surface area contributed by atoms with E-state index in [4.69, 9.17) is 5.73 Å². The van der Waals surface area contributed by atoms with Gasteiger partial charge in [0.15, 0.2) is 11.6 Å². The first kappa shape index (κ1) is 11.0. The number of hydrogen-bond acceptors (Lipinski definition) is 1. The van der Waals surface area contributed by atoms with E-state index in [9.17, 15) is 13.2 Å². The van der Waals surface area contributed by atoms with E-state index < -0.39 is 17.5 Å². The maximum Gasteiger partial charge on any atom is 0.161 e. The molecule has 1 rings (SSSR count). The van der Waals surface area contributed by atoms with Gasteiger partial charge in [0, 0.05) is 12.1 Å².